The van der Waals surface area contributed by atoms with Crippen LogP contribution in [0.2, 0.25) is 5.02 Å². The Morgan fingerprint density at radius 3 is 2.54 bits per heavy atom. The summed E-state index contributed by atoms with van der Waals surface area (Å²) >= 11 is 6.87. The van der Waals surface area contributed by atoms with Crippen LogP contribution in [0.5, 0.6) is 11.5 Å². The predicted octanol–water partition coefficient (Wildman–Crippen LogP) is 6.76. The van der Waals surface area contributed by atoms with Gasteiger partial charge in [-0.1, -0.05) is 55.3 Å². The van der Waals surface area contributed by atoms with E-state index < -0.39 is 29.6 Å². The highest BCUT2D eigenvalue weighted by molar-refractivity contribution is 8.18. The second-order valence-corrected chi connectivity index (χ2v) is 9.89. The molecule has 1 N–H and O–H groups in total. The quantitative estimate of drug-likeness (QED) is 0.165. The first-order valence-corrected chi connectivity index (χ1v) is 13.4. The second kappa shape index (κ2) is 13.1. The summed E-state index contributed by atoms with van der Waals surface area (Å²) in [5, 5.41) is 2.22. The van der Waals surface area contributed by atoms with E-state index in [2.05, 4.69) is 5.32 Å². The molecule has 3 amide bonds. The highest BCUT2D eigenvalue weighted by Gasteiger charge is 2.36. The monoisotopic (exact) mass is 564 g/mol. The number of amides is 3. The molecule has 0 spiro atoms. The van der Waals surface area contributed by atoms with Gasteiger partial charge in [0, 0.05) is 5.69 Å². The standard InChI is InChI=1S/C29H25ClN2O6S/c1-2-3-14-37-28(35)23-17-20(12-13-24(23)30)31-26(33)18-32-27(34)25(39-29(32)36)16-19-8-7-11-22(15-19)38-21-9-5-4-6-10-21/h4-13,15-17H,2-3,14,18H2,1H3,(H,31,33)/b25-16+. The van der Waals surface area contributed by atoms with E-state index in [-0.39, 0.29) is 27.8 Å². The lowest BCUT2D eigenvalue weighted by Gasteiger charge is -2.13. The number of rotatable bonds is 10. The molecule has 0 radical (unpaired) electrons. The van der Waals surface area contributed by atoms with E-state index >= 15 is 0 Å². The van der Waals surface area contributed by atoms with E-state index in [0.717, 1.165) is 29.5 Å². The number of anilines is 1. The third-order valence-electron chi connectivity index (χ3n) is 5.51. The maximum Gasteiger partial charge on any atom is 0.339 e. The Morgan fingerprint density at radius 2 is 1.77 bits per heavy atom. The summed E-state index contributed by atoms with van der Waals surface area (Å²) in [6.07, 6.45) is 3.17. The van der Waals surface area contributed by atoms with Gasteiger partial charge in [-0.3, -0.25) is 19.3 Å². The molecule has 0 aliphatic carbocycles. The van der Waals surface area contributed by atoms with Crippen LogP contribution < -0.4 is 10.1 Å². The Hall–Kier alpha value is -4.08. The average molecular weight is 565 g/mol. The predicted molar refractivity (Wildman–Crippen MR) is 151 cm³/mol. The Balaban J connectivity index is 1.40. The smallest absolute Gasteiger partial charge is 0.339 e. The van der Waals surface area contributed by atoms with Crippen LogP contribution in [0.15, 0.2) is 77.7 Å². The first kappa shape index (κ1) is 27.9. The van der Waals surface area contributed by atoms with Crippen molar-refractivity contribution >= 4 is 58.1 Å². The fourth-order valence-corrected chi connectivity index (χ4v) is 4.60. The minimum absolute atomic E-state index is 0.109. The van der Waals surface area contributed by atoms with Crippen molar-refractivity contribution in [3.8, 4) is 11.5 Å². The van der Waals surface area contributed by atoms with Crippen molar-refractivity contribution in [3.63, 3.8) is 0 Å². The third-order valence-corrected chi connectivity index (χ3v) is 6.75. The highest BCUT2D eigenvalue weighted by atomic mass is 35.5. The molecule has 0 saturated carbocycles. The largest absolute Gasteiger partial charge is 0.462 e. The zero-order valence-electron chi connectivity index (χ0n) is 21.0. The van der Waals surface area contributed by atoms with Gasteiger partial charge in [-0.25, -0.2) is 4.79 Å². The van der Waals surface area contributed by atoms with Gasteiger partial charge in [0.25, 0.3) is 11.1 Å². The molecule has 1 aliphatic heterocycles. The molecule has 39 heavy (non-hydrogen) atoms. The molecule has 0 unspecified atom stereocenters. The van der Waals surface area contributed by atoms with E-state index in [9.17, 15) is 19.2 Å². The molecule has 0 bridgehead atoms. The van der Waals surface area contributed by atoms with Crippen LogP contribution in [0.25, 0.3) is 6.08 Å². The number of para-hydroxylation sites is 1. The van der Waals surface area contributed by atoms with Crippen LogP contribution in [0.3, 0.4) is 0 Å². The van der Waals surface area contributed by atoms with E-state index in [1.54, 1.807) is 30.3 Å². The van der Waals surface area contributed by atoms with Gasteiger partial charge in [0.05, 0.1) is 22.1 Å². The van der Waals surface area contributed by atoms with Crippen molar-refractivity contribution < 1.29 is 28.7 Å². The van der Waals surface area contributed by atoms with Crippen molar-refractivity contribution in [1.82, 2.24) is 4.90 Å². The van der Waals surface area contributed by atoms with Gasteiger partial charge in [-0.15, -0.1) is 0 Å². The molecule has 1 fully saturated rings. The van der Waals surface area contributed by atoms with Gasteiger partial charge >= 0.3 is 5.97 Å². The Morgan fingerprint density at radius 1 is 1.00 bits per heavy atom. The van der Waals surface area contributed by atoms with Gasteiger partial charge in [0.2, 0.25) is 5.91 Å². The topological polar surface area (TPSA) is 102 Å². The Labute approximate surface area is 234 Å². The van der Waals surface area contributed by atoms with E-state index in [1.807, 2.05) is 37.3 Å². The SMILES string of the molecule is CCCCOC(=O)c1cc(NC(=O)CN2C(=O)S/C(=C/c3cccc(Oc4ccccc4)c3)C2=O)ccc1Cl. The molecule has 8 nitrogen and oxygen atoms in total. The zero-order valence-corrected chi connectivity index (χ0v) is 22.6. The fraction of sp³-hybridized carbons (Fsp3) is 0.172. The molecule has 1 saturated heterocycles. The molecule has 3 aromatic rings. The van der Waals surface area contributed by atoms with E-state index in [0.29, 0.717) is 17.1 Å². The Kier molecular flexibility index (Phi) is 9.40. The normalized spacial score (nSPS) is 14.0. The fourth-order valence-electron chi connectivity index (χ4n) is 3.57. The summed E-state index contributed by atoms with van der Waals surface area (Å²) < 4.78 is 11.0. The molecule has 0 aromatic heterocycles. The number of nitrogens with one attached hydrogen (secondary N) is 1. The number of carbonyl (C=O) groups is 4. The summed E-state index contributed by atoms with van der Waals surface area (Å²) in [7, 11) is 0. The van der Waals surface area contributed by atoms with Gasteiger partial charge in [-0.2, -0.15) is 0 Å². The zero-order chi connectivity index (χ0) is 27.8. The molecule has 4 rings (SSSR count). The number of hydrogen-bond donors (Lipinski definition) is 1. The maximum atomic E-state index is 12.9. The number of benzene rings is 3. The molecule has 3 aromatic carbocycles. The summed E-state index contributed by atoms with van der Waals surface area (Å²) in [6, 6.07) is 20.7. The number of esters is 1. The molecule has 200 valence electrons. The first-order chi connectivity index (χ1) is 18.8. The number of carbonyl (C=O) groups excluding carboxylic acids is 4. The van der Waals surface area contributed by atoms with Crippen LogP contribution in [-0.2, 0) is 14.3 Å². The molecule has 1 aliphatic rings. The molecule has 1 heterocycles. The number of unbranched alkanes of at least 4 members (excludes halogenated alkanes) is 1. The number of imide groups is 1. The van der Waals surface area contributed by atoms with Gasteiger partial charge in [0.1, 0.15) is 18.0 Å². The van der Waals surface area contributed by atoms with Crippen LogP contribution in [-0.4, -0.2) is 41.1 Å². The van der Waals surface area contributed by atoms with E-state index in [1.165, 1.54) is 18.2 Å². The maximum absolute atomic E-state index is 12.9. The van der Waals surface area contributed by atoms with Crippen LogP contribution in [0.4, 0.5) is 10.5 Å². The summed E-state index contributed by atoms with van der Waals surface area (Å²) in [4.78, 5) is 51.5. The molecular weight excluding hydrogens is 540 g/mol. The van der Waals surface area contributed by atoms with Gasteiger partial charge in [0.15, 0.2) is 0 Å². The lowest BCUT2D eigenvalue weighted by atomic mass is 10.2. The van der Waals surface area contributed by atoms with Crippen molar-refractivity contribution in [2.75, 3.05) is 18.5 Å². The van der Waals surface area contributed by atoms with Crippen molar-refractivity contribution in [1.29, 1.82) is 0 Å². The lowest BCUT2D eigenvalue weighted by Crippen LogP contribution is -2.36. The van der Waals surface area contributed by atoms with E-state index in [4.69, 9.17) is 21.1 Å². The minimum Gasteiger partial charge on any atom is -0.462 e. The van der Waals surface area contributed by atoms with Crippen molar-refractivity contribution in [2.24, 2.45) is 0 Å². The van der Waals surface area contributed by atoms with Crippen LogP contribution in [0, 0.1) is 0 Å². The second-order valence-electron chi connectivity index (χ2n) is 8.49. The van der Waals surface area contributed by atoms with Crippen molar-refractivity contribution in [3.05, 3.63) is 93.9 Å². The molecule has 0 atom stereocenters. The number of halogens is 1. The lowest BCUT2D eigenvalue weighted by molar-refractivity contribution is -0.127. The van der Waals surface area contributed by atoms with Crippen molar-refractivity contribution in [2.45, 2.75) is 19.8 Å². The first-order valence-electron chi connectivity index (χ1n) is 12.2. The number of hydrogen-bond acceptors (Lipinski definition) is 7. The highest BCUT2D eigenvalue weighted by Crippen LogP contribution is 2.33. The summed E-state index contributed by atoms with van der Waals surface area (Å²) in [5.74, 6) is -0.540. The van der Waals surface area contributed by atoms with Gasteiger partial charge in [-0.05, 0) is 72.3 Å². The Bertz CT molecular complexity index is 1430. The summed E-state index contributed by atoms with van der Waals surface area (Å²) in [5.41, 5.74) is 1.06. The number of nitrogens with zero attached hydrogens (tertiary/aromatic N) is 1. The van der Waals surface area contributed by atoms with Gasteiger partial charge < -0.3 is 14.8 Å². The summed E-state index contributed by atoms with van der Waals surface area (Å²) in [6.45, 7) is 1.75. The molecular formula is C29H25ClN2O6S. The minimum atomic E-state index is -0.607. The average Bonchev–Trinajstić information content (AvgIpc) is 3.17. The number of thioether (sulfide) groups is 1. The van der Waals surface area contributed by atoms with Crippen LogP contribution >= 0.6 is 23.4 Å². The van der Waals surface area contributed by atoms with Crippen LogP contribution in [0.1, 0.15) is 35.7 Å². The molecule has 10 heteroatoms. The third kappa shape index (κ3) is 7.49. The number of ether oxygens (including phenoxy) is 2.